The third-order valence-electron chi connectivity index (χ3n) is 5.16. The van der Waals surface area contributed by atoms with Crippen LogP contribution in [0.25, 0.3) is 0 Å². The van der Waals surface area contributed by atoms with Gasteiger partial charge < -0.3 is 20.3 Å². The first-order chi connectivity index (χ1) is 17.7. The first-order valence-corrected chi connectivity index (χ1v) is 11.9. The molecule has 2 fully saturated rings. The van der Waals surface area contributed by atoms with E-state index in [0.717, 1.165) is 49.5 Å². The molecule has 0 radical (unpaired) electrons. The summed E-state index contributed by atoms with van der Waals surface area (Å²) < 4.78 is 69.2. The molecule has 1 atom stereocenters. The quantitative estimate of drug-likeness (QED) is 0.436. The Morgan fingerprint density at radius 3 is 2.24 bits per heavy atom. The Bertz CT molecular complexity index is 1040. The largest absolute Gasteiger partial charge is 0.490 e. The lowest BCUT2D eigenvalue weighted by Gasteiger charge is -2.34. The summed E-state index contributed by atoms with van der Waals surface area (Å²) in [5.74, 6) is -2.92. The highest BCUT2D eigenvalue weighted by Gasteiger charge is 2.39. The number of ether oxygens (including phenoxy) is 1. The van der Waals surface area contributed by atoms with Gasteiger partial charge in [-0.25, -0.2) is 24.5 Å². The van der Waals surface area contributed by atoms with Gasteiger partial charge in [0.2, 0.25) is 0 Å². The molecule has 17 heteroatoms. The van der Waals surface area contributed by atoms with Crippen LogP contribution in [0.3, 0.4) is 0 Å². The van der Waals surface area contributed by atoms with Crippen molar-refractivity contribution in [1.29, 1.82) is 0 Å². The summed E-state index contributed by atoms with van der Waals surface area (Å²) in [6.07, 6.45) is -5.64. The second kappa shape index (κ2) is 13.7. The summed E-state index contributed by atoms with van der Waals surface area (Å²) >= 11 is 1.72. The van der Waals surface area contributed by atoms with Crippen LogP contribution in [-0.2, 0) is 20.9 Å². The van der Waals surface area contributed by atoms with Crippen LogP contribution >= 0.6 is 11.3 Å². The van der Waals surface area contributed by atoms with Crippen LogP contribution in [0.2, 0.25) is 0 Å². The van der Waals surface area contributed by atoms with E-state index in [1.54, 1.807) is 11.3 Å². The summed E-state index contributed by atoms with van der Waals surface area (Å²) in [7, 11) is 0. The topological polar surface area (TPSA) is 138 Å². The minimum absolute atomic E-state index is 0.0999. The molecule has 212 valence electrons. The molecule has 0 aromatic carbocycles. The monoisotopic (exact) mass is 573 g/mol. The average Bonchev–Trinajstić information content (AvgIpc) is 3.59. The maximum Gasteiger partial charge on any atom is 0.490 e. The Labute approximate surface area is 216 Å². The van der Waals surface area contributed by atoms with E-state index in [2.05, 4.69) is 27.1 Å². The Balaban J connectivity index is 0.000000301. The molecule has 3 heterocycles. The van der Waals surface area contributed by atoms with Gasteiger partial charge in [-0.3, -0.25) is 4.90 Å². The molecular weight excluding hydrogens is 548 g/mol. The molecule has 1 unspecified atom stereocenters. The molecule has 1 aliphatic heterocycles. The number of nitrogens with one attached hydrogen (secondary N) is 1. The number of aryl methyl sites for hydroxylation is 1. The number of alkyl halides is 6. The standard InChI is InChI=1S/C17H23N5OS.2C2HF3O2/c1-12-15(24-11-20-12)9-22-6-7-23-10-14(22)17-18-5-4-16(21-17)19-8-13-2-3-13;2*3-2(4,5)1(6)7/h4-5,11,13-14H,2-3,6-10H2,1H3,(H,18,19,21);2*(H,6,7). The molecule has 10 nitrogen and oxygen atoms in total. The summed E-state index contributed by atoms with van der Waals surface area (Å²) in [5, 5.41) is 17.7. The number of anilines is 1. The third kappa shape index (κ3) is 10.7. The number of carbonyl (C=O) groups is 2. The van der Waals surface area contributed by atoms with Crippen molar-refractivity contribution in [1.82, 2.24) is 19.9 Å². The number of rotatable bonds is 6. The highest BCUT2D eigenvalue weighted by molar-refractivity contribution is 7.09. The van der Waals surface area contributed by atoms with Gasteiger partial charge in [-0.15, -0.1) is 11.3 Å². The lowest BCUT2D eigenvalue weighted by Crippen LogP contribution is -2.39. The molecule has 38 heavy (non-hydrogen) atoms. The number of aliphatic carboxylic acids is 2. The molecule has 2 aromatic heterocycles. The third-order valence-corrected chi connectivity index (χ3v) is 6.08. The molecule has 3 N–H and O–H groups in total. The SMILES string of the molecule is Cc1ncsc1CN1CCOCC1c1nccc(NCC2CC2)n1.O=C(O)C(F)(F)F.O=C(O)C(F)(F)F. The van der Waals surface area contributed by atoms with Crippen LogP contribution in [-0.4, -0.2) is 80.7 Å². The van der Waals surface area contributed by atoms with Gasteiger partial charge in [-0.2, -0.15) is 26.3 Å². The van der Waals surface area contributed by atoms with Crippen molar-refractivity contribution in [3.05, 3.63) is 34.2 Å². The van der Waals surface area contributed by atoms with Crippen LogP contribution < -0.4 is 5.32 Å². The van der Waals surface area contributed by atoms with Gasteiger partial charge in [-0.1, -0.05) is 0 Å². The molecule has 0 amide bonds. The number of hydrogen-bond donors (Lipinski definition) is 3. The number of carboxylic acids is 2. The number of carboxylic acid groups (broad SMARTS) is 2. The summed E-state index contributed by atoms with van der Waals surface area (Å²) in [4.78, 5) is 35.1. The van der Waals surface area contributed by atoms with Gasteiger partial charge in [0.05, 0.1) is 30.5 Å². The fourth-order valence-electron chi connectivity index (χ4n) is 2.93. The number of hydrogen-bond acceptors (Lipinski definition) is 9. The normalized spacial score (nSPS) is 17.9. The van der Waals surface area contributed by atoms with Crippen LogP contribution in [0.15, 0.2) is 17.8 Å². The highest BCUT2D eigenvalue weighted by atomic mass is 32.1. The molecule has 1 saturated heterocycles. The molecule has 4 rings (SSSR count). The first kappa shape index (κ1) is 31.2. The Kier molecular flexibility index (Phi) is 11.2. The molecule has 0 spiro atoms. The average molecular weight is 574 g/mol. The van der Waals surface area contributed by atoms with E-state index in [9.17, 15) is 26.3 Å². The zero-order chi connectivity index (χ0) is 28.5. The fraction of sp³-hybridized carbons (Fsp3) is 0.571. The Morgan fingerprint density at radius 2 is 1.74 bits per heavy atom. The van der Waals surface area contributed by atoms with E-state index in [-0.39, 0.29) is 6.04 Å². The maximum atomic E-state index is 10.6. The van der Waals surface area contributed by atoms with Gasteiger partial charge in [0, 0.05) is 30.7 Å². The van der Waals surface area contributed by atoms with E-state index < -0.39 is 24.3 Å². The highest BCUT2D eigenvalue weighted by Crippen LogP contribution is 2.29. The van der Waals surface area contributed by atoms with Crippen molar-refractivity contribution in [3.8, 4) is 0 Å². The molecule has 0 bridgehead atoms. The zero-order valence-electron chi connectivity index (χ0n) is 19.9. The number of morpholine rings is 1. The van der Waals surface area contributed by atoms with Crippen molar-refractivity contribution in [2.24, 2.45) is 5.92 Å². The molecule has 1 aliphatic carbocycles. The van der Waals surface area contributed by atoms with Gasteiger partial charge in [0.25, 0.3) is 0 Å². The van der Waals surface area contributed by atoms with E-state index >= 15 is 0 Å². The van der Waals surface area contributed by atoms with Crippen molar-refractivity contribution < 1.29 is 50.9 Å². The summed E-state index contributed by atoms with van der Waals surface area (Å²) in [6.45, 7) is 6.26. The van der Waals surface area contributed by atoms with E-state index in [1.807, 2.05) is 17.8 Å². The minimum atomic E-state index is -5.08. The molecule has 2 aromatic rings. The van der Waals surface area contributed by atoms with Gasteiger partial charge in [0.1, 0.15) is 11.6 Å². The van der Waals surface area contributed by atoms with E-state index in [0.29, 0.717) is 6.61 Å². The fourth-order valence-corrected chi connectivity index (χ4v) is 3.73. The Hall–Kier alpha value is -3.05. The minimum Gasteiger partial charge on any atom is -0.475 e. The number of halogens is 6. The molecular formula is C21H25F6N5O5S. The lowest BCUT2D eigenvalue weighted by molar-refractivity contribution is -0.193. The smallest absolute Gasteiger partial charge is 0.475 e. The van der Waals surface area contributed by atoms with Crippen LogP contribution in [0, 0.1) is 12.8 Å². The summed E-state index contributed by atoms with van der Waals surface area (Å²) in [5.41, 5.74) is 3.03. The van der Waals surface area contributed by atoms with Crippen molar-refractivity contribution >= 4 is 29.1 Å². The Morgan fingerprint density at radius 1 is 1.13 bits per heavy atom. The number of aromatic nitrogens is 3. The number of nitrogens with zero attached hydrogens (tertiary/aromatic N) is 4. The van der Waals surface area contributed by atoms with Crippen molar-refractivity contribution in [2.75, 3.05) is 31.6 Å². The predicted octanol–water partition coefficient (Wildman–Crippen LogP) is 3.90. The van der Waals surface area contributed by atoms with E-state index in [4.69, 9.17) is 29.5 Å². The second-order valence-electron chi connectivity index (χ2n) is 8.15. The second-order valence-corrected chi connectivity index (χ2v) is 9.09. The first-order valence-electron chi connectivity index (χ1n) is 11.1. The van der Waals surface area contributed by atoms with Gasteiger partial charge in [0.15, 0.2) is 0 Å². The van der Waals surface area contributed by atoms with Crippen molar-refractivity contribution in [2.45, 2.75) is 44.7 Å². The predicted molar refractivity (Wildman–Crippen MR) is 121 cm³/mol. The number of thiazole rings is 1. The van der Waals surface area contributed by atoms with Gasteiger partial charge in [-0.05, 0) is 31.7 Å². The molecule has 2 aliphatic rings. The van der Waals surface area contributed by atoms with Crippen molar-refractivity contribution in [3.63, 3.8) is 0 Å². The van der Waals surface area contributed by atoms with Crippen LogP contribution in [0.4, 0.5) is 32.2 Å². The van der Waals surface area contributed by atoms with Crippen LogP contribution in [0.1, 0.15) is 35.3 Å². The van der Waals surface area contributed by atoms with E-state index in [1.165, 1.54) is 17.7 Å². The van der Waals surface area contributed by atoms with Gasteiger partial charge >= 0.3 is 24.3 Å². The summed E-state index contributed by atoms with van der Waals surface area (Å²) in [6, 6.07) is 2.05. The zero-order valence-corrected chi connectivity index (χ0v) is 20.7. The van der Waals surface area contributed by atoms with Crippen LogP contribution in [0.5, 0.6) is 0 Å². The lowest BCUT2D eigenvalue weighted by atomic mass is 10.2. The maximum absolute atomic E-state index is 10.6. The molecule has 1 saturated carbocycles.